The molecule has 0 aliphatic rings. The summed E-state index contributed by atoms with van der Waals surface area (Å²) < 4.78 is 0. The first-order valence-corrected chi connectivity index (χ1v) is 4.32. The lowest BCUT2D eigenvalue weighted by Gasteiger charge is -2.03. The number of carbonyl (C=O) groups excluding carboxylic acids is 1. The molecule has 2 nitrogen and oxygen atoms in total. The number of halogens is 1. The zero-order chi connectivity index (χ0) is 7.98. The van der Waals surface area contributed by atoms with Crippen molar-refractivity contribution in [3.63, 3.8) is 0 Å². The van der Waals surface area contributed by atoms with Gasteiger partial charge in [0.25, 0.3) is 0 Å². The molecule has 0 aliphatic heterocycles. The second-order valence-electron chi connectivity index (χ2n) is 2.22. The van der Waals surface area contributed by atoms with E-state index in [4.69, 9.17) is 0 Å². The fraction of sp³-hybridized carbons (Fsp3) is 0.571. The van der Waals surface area contributed by atoms with Crippen molar-refractivity contribution in [1.29, 1.82) is 0 Å². The van der Waals surface area contributed by atoms with Gasteiger partial charge in [-0.05, 0) is 19.9 Å². The van der Waals surface area contributed by atoms with E-state index in [0.717, 1.165) is 5.33 Å². The molecule has 0 atom stereocenters. The van der Waals surface area contributed by atoms with Gasteiger partial charge in [0.2, 0.25) is 5.91 Å². The lowest BCUT2D eigenvalue weighted by molar-refractivity contribution is -0.116. The van der Waals surface area contributed by atoms with E-state index in [9.17, 15) is 4.79 Å². The molecule has 0 heterocycles. The molecular weight excluding hydrogens is 194 g/mol. The van der Waals surface area contributed by atoms with E-state index in [-0.39, 0.29) is 11.9 Å². The van der Waals surface area contributed by atoms with E-state index in [1.807, 2.05) is 13.8 Å². The van der Waals surface area contributed by atoms with Gasteiger partial charge in [-0.3, -0.25) is 4.79 Å². The van der Waals surface area contributed by atoms with Gasteiger partial charge in [0.15, 0.2) is 0 Å². The first-order valence-electron chi connectivity index (χ1n) is 3.20. The summed E-state index contributed by atoms with van der Waals surface area (Å²) in [5, 5.41) is 3.45. The van der Waals surface area contributed by atoms with Crippen LogP contribution in [0.3, 0.4) is 0 Å². The second-order valence-corrected chi connectivity index (χ2v) is 2.87. The summed E-state index contributed by atoms with van der Waals surface area (Å²) >= 11 is 3.18. The average Bonchev–Trinajstić information content (AvgIpc) is 1.82. The Labute approximate surface area is 69.8 Å². The van der Waals surface area contributed by atoms with Gasteiger partial charge in [-0.25, -0.2) is 0 Å². The van der Waals surface area contributed by atoms with Crippen LogP contribution in [0.4, 0.5) is 0 Å². The molecule has 1 N–H and O–H groups in total. The largest absolute Gasteiger partial charge is 0.350 e. The van der Waals surface area contributed by atoms with Crippen molar-refractivity contribution in [2.75, 3.05) is 5.33 Å². The highest BCUT2D eigenvalue weighted by Crippen LogP contribution is 1.83. The summed E-state index contributed by atoms with van der Waals surface area (Å²) in [7, 11) is 0. The molecule has 10 heavy (non-hydrogen) atoms. The highest BCUT2D eigenvalue weighted by atomic mass is 79.9. The Bertz CT molecular complexity index is 132. The van der Waals surface area contributed by atoms with Gasteiger partial charge in [0.1, 0.15) is 0 Å². The van der Waals surface area contributed by atoms with Crippen LogP contribution in [0.25, 0.3) is 0 Å². The predicted molar refractivity (Wildman–Crippen MR) is 46.2 cm³/mol. The number of nitrogens with one attached hydrogen (secondary N) is 1. The smallest absolute Gasteiger partial charge is 0.243 e. The molecular formula is C7H12BrNO. The molecule has 0 spiro atoms. The molecule has 0 rings (SSSR count). The number of alkyl halides is 1. The molecule has 0 bridgehead atoms. The van der Waals surface area contributed by atoms with E-state index in [0.29, 0.717) is 0 Å². The van der Waals surface area contributed by atoms with Crippen molar-refractivity contribution in [3.8, 4) is 0 Å². The zero-order valence-electron chi connectivity index (χ0n) is 6.23. The molecule has 3 heteroatoms. The molecule has 58 valence electrons. The molecule has 0 radical (unpaired) electrons. The highest BCUT2D eigenvalue weighted by Gasteiger charge is 1.95. The second kappa shape index (κ2) is 5.47. The van der Waals surface area contributed by atoms with Gasteiger partial charge >= 0.3 is 0 Å². The van der Waals surface area contributed by atoms with Crippen LogP contribution in [0, 0.1) is 0 Å². The summed E-state index contributed by atoms with van der Waals surface area (Å²) in [5.74, 6) is -0.0329. The van der Waals surface area contributed by atoms with E-state index < -0.39 is 0 Å². The average molecular weight is 206 g/mol. The summed E-state index contributed by atoms with van der Waals surface area (Å²) in [6.07, 6.45) is 3.28. The SMILES string of the molecule is CC(C)NC(=O)/C=C/CBr. The molecule has 0 aromatic rings. The van der Waals surface area contributed by atoms with Gasteiger partial charge in [0, 0.05) is 11.4 Å². The maximum Gasteiger partial charge on any atom is 0.243 e. The molecule has 0 aromatic heterocycles. The third-order valence-corrected chi connectivity index (χ3v) is 1.16. The molecule has 0 aliphatic carbocycles. The zero-order valence-corrected chi connectivity index (χ0v) is 7.81. The maximum absolute atomic E-state index is 10.8. The van der Waals surface area contributed by atoms with Crippen LogP contribution in [0.5, 0.6) is 0 Å². The van der Waals surface area contributed by atoms with Gasteiger partial charge in [-0.1, -0.05) is 22.0 Å². The van der Waals surface area contributed by atoms with Crippen LogP contribution in [0.2, 0.25) is 0 Å². The number of hydrogen-bond acceptors (Lipinski definition) is 1. The minimum atomic E-state index is -0.0329. The van der Waals surface area contributed by atoms with E-state index in [1.54, 1.807) is 6.08 Å². The predicted octanol–water partition coefficient (Wildman–Crippen LogP) is 1.46. The summed E-state index contributed by atoms with van der Waals surface area (Å²) in [4.78, 5) is 10.8. The Morgan fingerprint density at radius 2 is 2.30 bits per heavy atom. The minimum Gasteiger partial charge on any atom is -0.350 e. The lowest BCUT2D eigenvalue weighted by atomic mass is 10.4. The molecule has 0 fully saturated rings. The highest BCUT2D eigenvalue weighted by molar-refractivity contribution is 9.09. The lowest BCUT2D eigenvalue weighted by Crippen LogP contribution is -2.28. The standard InChI is InChI=1S/C7H12BrNO/c1-6(2)9-7(10)4-3-5-8/h3-4,6H,5H2,1-2H3,(H,9,10)/b4-3+. The normalized spacial score (nSPS) is 10.8. The molecule has 0 saturated carbocycles. The van der Waals surface area contributed by atoms with Crippen LogP contribution in [0.1, 0.15) is 13.8 Å². The number of rotatable bonds is 3. The molecule has 1 amide bonds. The van der Waals surface area contributed by atoms with Crippen molar-refractivity contribution >= 4 is 21.8 Å². The molecule has 0 aromatic carbocycles. The Morgan fingerprint density at radius 3 is 2.70 bits per heavy atom. The van der Waals surface area contributed by atoms with Crippen LogP contribution in [-0.4, -0.2) is 17.3 Å². The Hall–Kier alpha value is -0.310. The molecule has 0 unspecified atom stereocenters. The van der Waals surface area contributed by atoms with Crippen LogP contribution >= 0.6 is 15.9 Å². The van der Waals surface area contributed by atoms with Crippen molar-refractivity contribution in [1.82, 2.24) is 5.32 Å². The first-order chi connectivity index (χ1) is 4.66. The monoisotopic (exact) mass is 205 g/mol. The summed E-state index contributed by atoms with van der Waals surface area (Å²) in [5.41, 5.74) is 0. The summed E-state index contributed by atoms with van der Waals surface area (Å²) in [6.45, 7) is 3.86. The fourth-order valence-corrected chi connectivity index (χ4v) is 0.671. The van der Waals surface area contributed by atoms with Crippen molar-refractivity contribution in [2.45, 2.75) is 19.9 Å². The van der Waals surface area contributed by atoms with Gasteiger partial charge < -0.3 is 5.32 Å². The van der Waals surface area contributed by atoms with Crippen molar-refractivity contribution < 1.29 is 4.79 Å². The maximum atomic E-state index is 10.8. The Balaban J connectivity index is 3.54. The van der Waals surface area contributed by atoms with E-state index in [2.05, 4.69) is 21.2 Å². The van der Waals surface area contributed by atoms with E-state index in [1.165, 1.54) is 6.08 Å². The third-order valence-electron chi connectivity index (χ3n) is 0.789. The van der Waals surface area contributed by atoms with Crippen LogP contribution in [-0.2, 0) is 4.79 Å². The van der Waals surface area contributed by atoms with Gasteiger partial charge in [-0.2, -0.15) is 0 Å². The van der Waals surface area contributed by atoms with Gasteiger partial charge in [0.05, 0.1) is 0 Å². The quantitative estimate of drug-likeness (QED) is 0.549. The van der Waals surface area contributed by atoms with Crippen LogP contribution in [0.15, 0.2) is 12.2 Å². The number of carbonyl (C=O) groups is 1. The first kappa shape index (κ1) is 9.69. The number of allylic oxidation sites excluding steroid dienone is 1. The number of amides is 1. The van der Waals surface area contributed by atoms with Crippen molar-refractivity contribution in [3.05, 3.63) is 12.2 Å². The summed E-state index contributed by atoms with van der Waals surface area (Å²) in [6, 6.07) is 0.215. The van der Waals surface area contributed by atoms with Crippen LogP contribution < -0.4 is 5.32 Å². The van der Waals surface area contributed by atoms with E-state index >= 15 is 0 Å². The minimum absolute atomic E-state index is 0.0329. The van der Waals surface area contributed by atoms with Crippen molar-refractivity contribution in [2.24, 2.45) is 0 Å². The van der Waals surface area contributed by atoms with Gasteiger partial charge in [-0.15, -0.1) is 0 Å². The third kappa shape index (κ3) is 5.82. The Kier molecular flexibility index (Phi) is 5.30. The Morgan fingerprint density at radius 1 is 1.70 bits per heavy atom. The number of hydrogen-bond donors (Lipinski definition) is 1. The fourth-order valence-electron chi connectivity index (χ4n) is 0.484. The topological polar surface area (TPSA) is 29.1 Å². The molecule has 0 saturated heterocycles.